The molecule has 1 aromatic rings. The van der Waals surface area contributed by atoms with Crippen LogP contribution in [-0.4, -0.2) is 25.3 Å². The quantitative estimate of drug-likeness (QED) is 0.672. The van der Waals surface area contributed by atoms with Gasteiger partial charge in [-0.15, -0.1) is 0 Å². The third kappa shape index (κ3) is 4.42. The number of hydrogen-bond donors (Lipinski definition) is 1. The van der Waals surface area contributed by atoms with Crippen molar-refractivity contribution >= 4 is 17.7 Å². The summed E-state index contributed by atoms with van der Waals surface area (Å²) in [4.78, 5) is 22.9. The summed E-state index contributed by atoms with van der Waals surface area (Å²) < 4.78 is 22.0. The maximum atomic E-state index is 12.7. The molecule has 102 valence electrons. The van der Waals surface area contributed by atoms with Gasteiger partial charge in [0.05, 0.1) is 7.11 Å². The van der Waals surface area contributed by atoms with Crippen LogP contribution in [0.15, 0.2) is 36.4 Å². The fourth-order valence-electron chi connectivity index (χ4n) is 1.24. The monoisotopic (exact) mass is 267 g/mol. The first-order chi connectivity index (χ1) is 8.93. The van der Waals surface area contributed by atoms with Crippen LogP contribution in [0.2, 0.25) is 0 Å². The van der Waals surface area contributed by atoms with Gasteiger partial charge in [0.25, 0.3) is 0 Å². The molecule has 0 aliphatic carbocycles. The van der Waals surface area contributed by atoms with Gasteiger partial charge in [-0.2, -0.15) is 0 Å². The lowest BCUT2D eigenvalue weighted by molar-refractivity contribution is -0.148. The molecule has 1 rings (SSSR count). The van der Waals surface area contributed by atoms with Crippen molar-refractivity contribution in [2.45, 2.75) is 13.0 Å². The predicted octanol–water partition coefficient (Wildman–Crippen LogP) is 2.49. The van der Waals surface area contributed by atoms with Gasteiger partial charge in [0.15, 0.2) is 0 Å². The van der Waals surface area contributed by atoms with E-state index in [4.69, 9.17) is 4.74 Å². The number of carbonyl (C=O) groups is 2. The van der Waals surface area contributed by atoms with Crippen LogP contribution < -0.4 is 5.32 Å². The lowest BCUT2D eigenvalue weighted by atomic mass is 10.2. The van der Waals surface area contributed by atoms with Crippen molar-refractivity contribution in [3.05, 3.63) is 42.2 Å². The van der Waals surface area contributed by atoms with E-state index >= 15 is 0 Å². The fraction of sp³-hybridized carbons (Fsp3) is 0.231. The highest BCUT2D eigenvalue weighted by Gasteiger charge is 2.24. The second-order valence-corrected chi connectivity index (χ2v) is 3.79. The summed E-state index contributed by atoms with van der Waals surface area (Å²) in [5.41, 5.74) is 0.679. The smallest absolute Gasteiger partial charge is 0.412 e. The average molecular weight is 267 g/mol. The molecule has 0 bridgehead atoms. The predicted molar refractivity (Wildman–Crippen MR) is 67.1 cm³/mol. The summed E-state index contributed by atoms with van der Waals surface area (Å²) in [5.74, 6) is -1.14. The van der Waals surface area contributed by atoms with Gasteiger partial charge in [0, 0.05) is 5.69 Å². The van der Waals surface area contributed by atoms with Gasteiger partial charge in [0.2, 0.25) is 6.10 Å². The minimum atomic E-state index is -1.18. The van der Waals surface area contributed by atoms with Crippen LogP contribution in [0.1, 0.15) is 6.92 Å². The molecule has 1 amide bonds. The van der Waals surface area contributed by atoms with E-state index in [1.54, 1.807) is 0 Å². The molecule has 1 unspecified atom stereocenters. The molecule has 0 heterocycles. The van der Waals surface area contributed by atoms with Gasteiger partial charge in [0.1, 0.15) is 5.82 Å². The first-order valence-corrected chi connectivity index (χ1v) is 5.40. The Labute approximate surface area is 110 Å². The number of benzene rings is 1. The number of methoxy groups -OCH3 is 1. The van der Waals surface area contributed by atoms with Gasteiger partial charge >= 0.3 is 12.1 Å². The molecule has 1 N–H and O–H groups in total. The van der Waals surface area contributed by atoms with Crippen molar-refractivity contribution < 1.29 is 23.5 Å². The molecule has 6 heteroatoms. The van der Waals surface area contributed by atoms with Gasteiger partial charge < -0.3 is 9.47 Å². The Hall–Kier alpha value is -2.37. The summed E-state index contributed by atoms with van der Waals surface area (Å²) in [5, 5.41) is 2.36. The molecule has 1 atom stereocenters. The number of nitrogens with one attached hydrogen (secondary N) is 1. The van der Waals surface area contributed by atoms with Crippen molar-refractivity contribution in [3.8, 4) is 0 Å². The molecule has 19 heavy (non-hydrogen) atoms. The highest BCUT2D eigenvalue weighted by Crippen LogP contribution is 2.11. The van der Waals surface area contributed by atoms with Crippen molar-refractivity contribution in [2.24, 2.45) is 0 Å². The van der Waals surface area contributed by atoms with Gasteiger partial charge in [-0.25, -0.2) is 14.0 Å². The minimum Gasteiger partial charge on any atom is -0.466 e. The summed E-state index contributed by atoms with van der Waals surface area (Å²) in [7, 11) is 1.18. The lowest BCUT2D eigenvalue weighted by Crippen LogP contribution is -2.31. The fourth-order valence-corrected chi connectivity index (χ4v) is 1.24. The van der Waals surface area contributed by atoms with Crippen molar-refractivity contribution in [2.75, 3.05) is 12.4 Å². The Bertz CT molecular complexity index is 484. The largest absolute Gasteiger partial charge is 0.466 e. The second kappa shape index (κ2) is 6.53. The molecule has 0 aliphatic rings. The molecular weight excluding hydrogens is 253 g/mol. The molecule has 0 spiro atoms. The zero-order valence-corrected chi connectivity index (χ0v) is 10.6. The van der Waals surface area contributed by atoms with Crippen LogP contribution in [0.5, 0.6) is 0 Å². The van der Waals surface area contributed by atoms with Crippen LogP contribution in [0.25, 0.3) is 0 Å². The Morgan fingerprint density at radius 1 is 1.32 bits per heavy atom. The van der Waals surface area contributed by atoms with Crippen LogP contribution in [0.4, 0.5) is 14.9 Å². The first kappa shape index (κ1) is 14.7. The average Bonchev–Trinajstić information content (AvgIpc) is 2.37. The van der Waals surface area contributed by atoms with E-state index in [1.165, 1.54) is 38.3 Å². The van der Waals surface area contributed by atoms with Crippen LogP contribution >= 0.6 is 0 Å². The van der Waals surface area contributed by atoms with Gasteiger partial charge in [-0.3, -0.25) is 5.32 Å². The van der Waals surface area contributed by atoms with E-state index in [9.17, 15) is 14.0 Å². The Kier molecular flexibility index (Phi) is 5.05. The number of esters is 1. The number of carbonyl (C=O) groups excluding carboxylic acids is 2. The van der Waals surface area contributed by atoms with Crippen LogP contribution in [0.3, 0.4) is 0 Å². The Morgan fingerprint density at radius 2 is 1.89 bits per heavy atom. The summed E-state index contributed by atoms with van der Waals surface area (Å²) in [6, 6.07) is 5.10. The van der Waals surface area contributed by atoms with Crippen LogP contribution in [-0.2, 0) is 14.3 Å². The zero-order chi connectivity index (χ0) is 14.4. The van der Waals surface area contributed by atoms with E-state index in [0.29, 0.717) is 11.3 Å². The lowest BCUT2D eigenvalue weighted by Gasteiger charge is -2.15. The van der Waals surface area contributed by atoms with Crippen molar-refractivity contribution in [1.29, 1.82) is 0 Å². The number of rotatable bonds is 4. The molecular formula is C13H14FNO4. The molecule has 1 aromatic carbocycles. The zero-order valence-electron chi connectivity index (χ0n) is 10.6. The van der Waals surface area contributed by atoms with Gasteiger partial charge in [-0.05, 0) is 36.8 Å². The van der Waals surface area contributed by atoms with Gasteiger partial charge in [-0.1, -0.05) is 6.58 Å². The second-order valence-electron chi connectivity index (χ2n) is 3.79. The van der Waals surface area contributed by atoms with E-state index in [-0.39, 0.29) is 0 Å². The van der Waals surface area contributed by atoms with Crippen molar-refractivity contribution in [3.63, 3.8) is 0 Å². The summed E-state index contributed by atoms with van der Waals surface area (Å²) >= 11 is 0. The normalized spacial score (nSPS) is 11.3. The molecule has 5 nitrogen and oxygen atoms in total. The van der Waals surface area contributed by atoms with E-state index in [1.807, 2.05) is 0 Å². The number of halogens is 1. The molecule has 0 aliphatic heterocycles. The maximum Gasteiger partial charge on any atom is 0.412 e. The number of ether oxygens (including phenoxy) is 2. The van der Waals surface area contributed by atoms with E-state index in [0.717, 1.165) is 0 Å². The SMILES string of the molecule is C=C(C)C(OC(=O)Nc1ccc(F)cc1)C(=O)OC. The number of hydrogen-bond acceptors (Lipinski definition) is 4. The third-order valence-corrected chi connectivity index (χ3v) is 2.18. The summed E-state index contributed by atoms with van der Waals surface area (Å²) in [6.45, 7) is 5.08. The third-order valence-electron chi connectivity index (χ3n) is 2.18. The summed E-state index contributed by atoms with van der Waals surface area (Å²) in [6.07, 6.45) is -2.03. The first-order valence-electron chi connectivity index (χ1n) is 5.40. The highest BCUT2D eigenvalue weighted by molar-refractivity contribution is 5.88. The number of anilines is 1. The molecule has 0 radical (unpaired) electrons. The maximum absolute atomic E-state index is 12.7. The van der Waals surface area contributed by atoms with E-state index < -0.39 is 24.0 Å². The standard InChI is InChI=1S/C13H14FNO4/c1-8(2)11(12(16)18-3)19-13(17)15-10-6-4-9(14)5-7-10/h4-7,11H,1H2,2-3H3,(H,15,17). The molecule has 0 saturated carbocycles. The Morgan fingerprint density at radius 3 is 2.37 bits per heavy atom. The van der Waals surface area contributed by atoms with E-state index in [2.05, 4.69) is 16.6 Å². The minimum absolute atomic E-state index is 0.334. The molecule has 0 aromatic heterocycles. The Balaban J connectivity index is 2.65. The highest BCUT2D eigenvalue weighted by atomic mass is 19.1. The topological polar surface area (TPSA) is 64.6 Å². The molecule has 0 saturated heterocycles. The molecule has 0 fully saturated rings. The number of amides is 1. The van der Waals surface area contributed by atoms with Crippen molar-refractivity contribution in [1.82, 2.24) is 0 Å². The van der Waals surface area contributed by atoms with Crippen LogP contribution in [0, 0.1) is 5.82 Å².